The Bertz CT molecular complexity index is 1090. The van der Waals surface area contributed by atoms with E-state index in [0.717, 1.165) is 17.1 Å². The van der Waals surface area contributed by atoms with Crippen LogP contribution in [0.5, 0.6) is 5.75 Å². The first-order valence-electron chi connectivity index (χ1n) is 8.30. The number of aryl methyl sites for hydroxylation is 1. The number of ether oxygens (including phenoxy) is 1. The van der Waals surface area contributed by atoms with Crippen molar-refractivity contribution in [1.29, 1.82) is 0 Å². The minimum atomic E-state index is -0.281. The zero-order chi connectivity index (χ0) is 18.8. The third kappa shape index (κ3) is 3.54. The molecule has 0 aliphatic rings. The lowest BCUT2D eigenvalue weighted by Gasteiger charge is -2.11. The number of imidazole rings is 1. The minimum Gasteiger partial charge on any atom is -0.494 e. The minimum absolute atomic E-state index is 0.281. The van der Waals surface area contributed by atoms with Crippen LogP contribution in [0, 0.1) is 12.7 Å². The van der Waals surface area contributed by atoms with Gasteiger partial charge >= 0.3 is 0 Å². The number of rotatable bonds is 5. The maximum Gasteiger partial charge on any atom is 0.187 e. The topological polar surface area (TPSA) is 52.0 Å². The van der Waals surface area contributed by atoms with Crippen molar-refractivity contribution in [1.82, 2.24) is 14.5 Å². The maximum atomic E-state index is 13.9. The van der Waals surface area contributed by atoms with Gasteiger partial charge in [-0.15, -0.1) is 11.3 Å². The Hall–Kier alpha value is -3.19. The van der Waals surface area contributed by atoms with Crippen LogP contribution in [0.15, 0.2) is 60.4 Å². The standard InChI is InChI=1S/C20H17FN4OS/c1-13-10-25(12-22-13)18-8-7-14(9-19(18)26-2)23-20-24-17(11-27-20)15-5-3-4-6-16(15)21/h3-12H,1-2H3,(H,23,24). The molecule has 0 saturated heterocycles. The van der Waals surface area contributed by atoms with Gasteiger partial charge in [-0.05, 0) is 31.2 Å². The van der Waals surface area contributed by atoms with Crippen molar-refractivity contribution in [3.8, 4) is 22.7 Å². The summed E-state index contributed by atoms with van der Waals surface area (Å²) >= 11 is 1.42. The number of anilines is 2. The van der Waals surface area contributed by atoms with E-state index in [-0.39, 0.29) is 5.82 Å². The van der Waals surface area contributed by atoms with Crippen LogP contribution >= 0.6 is 11.3 Å². The lowest BCUT2D eigenvalue weighted by Crippen LogP contribution is -1.97. The molecule has 0 spiro atoms. The summed E-state index contributed by atoms with van der Waals surface area (Å²) in [6.07, 6.45) is 3.69. The third-order valence-corrected chi connectivity index (χ3v) is 4.83. The number of halogens is 1. The van der Waals surface area contributed by atoms with Gasteiger partial charge in [0.25, 0.3) is 0 Å². The summed E-state index contributed by atoms with van der Waals surface area (Å²) in [6.45, 7) is 1.94. The Morgan fingerprint density at radius 1 is 1.19 bits per heavy atom. The number of methoxy groups -OCH3 is 1. The number of nitrogens with zero attached hydrogens (tertiary/aromatic N) is 3. The van der Waals surface area contributed by atoms with Crippen LogP contribution in [-0.4, -0.2) is 21.6 Å². The number of hydrogen-bond acceptors (Lipinski definition) is 5. The third-order valence-electron chi connectivity index (χ3n) is 4.07. The number of nitrogens with one attached hydrogen (secondary N) is 1. The molecule has 0 saturated carbocycles. The molecular formula is C20H17FN4OS. The highest BCUT2D eigenvalue weighted by Crippen LogP contribution is 2.31. The fraction of sp³-hybridized carbons (Fsp3) is 0.100. The van der Waals surface area contributed by atoms with Crippen LogP contribution in [0.1, 0.15) is 5.69 Å². The molecule has 0 aliphatic carbocycles. The van der Waals surface area contributed by atoms with Crippen molar-refractivity contribution in [2.45, 2.75) is 6.92 Å². The summed E-state index contributed by atoms with van der Waals surface area (Å²) in [4.78, 5) is 8.74. The fourth-order valence-corrected chi connectivity index (χ4v) is 3.50. The highest BCUT2D eigenvalue weighted by atomic mass is 32.1. The molecule has 4 rings (SSSR count). The SMILES string of the molecule is COc1cc(Nc2nc(-c3ccccc3F)cs2)ccc1-n1cnc(C)c1. The predicted octanol–water partition coefficient (Wildman–Crippen LogP) is 5.20. The molecule has 136 valence electrons. The Labute approximate surface area is 160 Å². The van der Waals surface area contributed by atoms with E-state index in [1.54, 1.807) is 31.6 Å². The van der Waals surface area contributed by atoms with Crippen LogP contribution < -0.4 is 10.1 Å². The van der Waals surface area contributed by atoms with E-state index < -0.39 is 0 Å². The van der Waals surface area contributed by atoms with E-state index in [9.17, 15) is 4.39 Å². The smallest absolute Gasteiger partial charge is 0.187 e. The van der Waals surface area contributed by atoms with Crippen LogP contribution in [-0.2, 0) is 0 Å². The zero-order valence-electron chi connectivity index (χ0n) is 14.8. The van der Waals surface area contributed by atoms with E-state index in [1.165, 1.54) is 17.4 Å². The van der Waals surface area contributed by atoms with E-state index in [0.29, 0.717) is 22.1 Å². The fourth-order valence-electron chi connectivity index (χ4n) is 2.77. The average molecular weight is 380 g/mol. The second-order valence-electron chi connectivity index (χ2n) is 5.95. The molecule has 4 aromatic rings. The van der Waals surface area contributed by atoms with Crippen molar-refractivity contribution in [3.63, 3.8) is 0 Å². The van der Waals surface area contributed by atoms with Crippen LogP contribution in [0.2, 0.25) is 0 Å². The van der Waals surface area contributed by atoms with Gasteiger partial charge in [0, 0.05) is 28.9 Å². The Balaban J connectivity index is 1.59. The summed E-state index contributed by atoms with van der Waals surface area (Å²) in [5.41, 5.74) is 3.77. The van der Waals surface area contributed by atoms with Crippen molar-refractivity contribution in [3.05, 3.63) is 71.9 Å². The number of aromatic nitrogens is 3. The van der Waals surface area contributed by atoms with Gasteiger partial charge in [0.15, 0.2) is 5.13 Å². The normalized spacial score (nSPS) is 10.8. The number of hydrogen-bond donors (Lipinski definition) is 1. The first kappa shape index (κ1) is 17.2. The molecule has 2 aromatic heterocycles. The highest BCUT2D eigenvalue weighted by Gasteiger charge is 2.11. The van der Waals surface area contributed by atoms with Crippen LogP contribution in [0.4, 0.5) is 15.2 Å². The summed E-state index contributed by atoms with van der Waals surface area (Å²) in [7, 11) is 1.63. The monoisotopic (exact) mass is 380 g/mol. The maximum absolute atomic E-state index is 13.9. The second-order valence-corrected chi connectivity index (χ2v) is 6.81. The van der Waals surface area contributed by atoms with Crippen molar-refractivity contribution >= 4 is 22.2 Å². The highest BCUT2D eigenvalue weighted by molar-refractivity contribution is 7.14. The van der Waals surface area contributed by atoms with Gasteiger partial charge in [-0.1, -0.05) is 12.1 Å². The first-order valence-corrected chi connectivity index (χ1v) is 9.18. The molecule has 1 N–H and O–H groups in total. The van der Waals surface area contributed by atoms with Gasteiger partial charge in [-0.2, -0.15) is 0 Å². The lowest BCUT2D eigenvalue weighted by molar-refractivity contribution is 0.413. The summed E-state index contributed by atoms with van der Waals surface area (Å²) in [6, 6.07) is 12.4. The van der Waals surface area contributed by atoms with Gasteiger partial charge in [-0.3, -0.25) is 0 Å². The first-order chi connectivity index (χ1) is 13.1. The van der Waals surface area contributed by atoms with E-state index in [2.05, 4.69) is 15.3 Å². The van der Waals surface area contributed by atoms with Gasteiger partial charge in [0.05, 0.1) is 30.5 Å². The molecule has 2 heterocycles. The van der Waals surface area contributed by atoms with E-state index in [1.807, 2.05) is 41.3 Å². The molecule has 0 amide bonds. The molecule has 0 atom stereocenters. The molecule has 27 heavy (non-hydrogen) atoms. The zero-order valence-corrected chi connectivity index (χ0v) is 15.6. The van der Waals surface area contributed by atoms with E-state index >= 15 is 0 Å². The quantitative estimate of drug-likeness (QED) is 0.517. The number of benzene rings is 2. The van der Waals surface area contributed by atoms with Crippen molar-refractivity contribution < 1.29 is 9.13 Å². The van der Waals surface area contributed by atoms with Gasteiger partial charge in [0.2, 0.25) is 0 Å². The molecule has 5 nitrogen and oxygen atoms in total. The lowest BCUT2D eigenvalue weighted by atomic mass is 10.2. The Morgan fingerprint density at radius 3 is 2.78 bits per heavy atom. The summed E-state index contributed by atoms with van der Waals surface area (Å²) < 4.78 is 21.4. The number of thiazole rings is 1. The average Bonchev–Trinajstić information content (AvgIpc) is 3.31. The predicted molar refractivity (Wildman–Crippen MR) is 106 cm³/mol. The molecule has 0 bridgehead atoms. The van der Waals surface area contributed by atoms with Gasteiger partial charge in [-0.25, -0.2) is 14.4 Å². The molecule has 0 radical (unpaired) electrons. The van der Waals surface area contributed by atoms with Crippen molar-refractivity contribution in [2.75, 3.05) is 12.4 Å². The molecule has 0 aliphatic heterocycles. The molecule has 7 heteroatoms. The summed E-state index contributed by atoms with van der Waals surface area (Å²) in [5, 5.41) is 5.77. The van der Waals surface area contributed by atoms with Crippen LogP contribution in [0.25, 0.3) is 16.9 Å². The van der Waals surface area contributed by atoms with Crippen molar-refractivity contribution in [2.24, 2.45) is 0 Å². The van der Waals surface area contributed by atoms with Gasteiger partial charge in [0.1, 0.15) is 11.6 Å². The summed E-state index contributed by atoms with van der Waals surface area (Å²) in [5.74, 6) is 0.430. The van der Waals surface area contributed by atoms with E-state index in [4.69, 9.17) is 4.74 Å². The van der Waals surface area contributed by atoms with Crippen LogP contribution in [0.3, 0.4) is 0 Å². The Morgan fingerprint density at radius 2 is 2.04 bits per heavy atom. The van der Waals surface area contributed by atoms with Gasteiger partial charge < -0.3 is 14.6 Å². The Kier molecular flexibility index (Phi) is 4.60. The molecular weight excluding hydrogens is 363 g/mol. The largest absolute Gasteiger partial charge is 0.494 e. The second kappa shape index (κ2) is 7.20. The molecule has 2 aromatic carbocycles. The molecule has 0 unspecified atom stereocenters. The molecule has 0 fully saturated rings.